The van der Waals surface area contributed by atoms with Crippen LogP contribution in [0.1, 0.15) is 44.4 Å². The number of carbonyl (C=O) groups is 2. The lowest BCUT2D eigenvalue weighted by Crippen LogP contribution is -2.53. The first kappa shape index (κ1) is 21.7. The van der Waals surface area contributed by atoms with Crippen molar-refractivity contribution < 1.29 is 9.59 Å². The van der Waals surface area contributed by atoms with E-state index in [-0.39, 0.29) is 17.4 Å². The van der Waals surface area contributed by atoms with Crippen molar-refractivity contribution in [1.82, 2.24) is 10.2 Å². The summed E-state index contributed by atoms with van der Waals surface area (Å²) in [6, 6.07) is 17.5. The molecule has 2 aromatic carbocycles. The molecular formula is C24H32N2O2. The van der Waals surface area contributed by atoms with E-state index in [0.29, 0.717) is 19.4 Å². The number of rotatable bonds is 7. The van der Waals surface area contributed by atoms with E-state index in [2.05, 4.69) is 5.32 Å². The van der Waals surface area contributed by atoms with Crippen molar-refractivity contribution >= 4 is 11.8 Å². The maximum Gasteiger partial charge on any atom is 0.242 e. The number of carbonyl (C=O) groups excluding carboxylic acids is 2. The fraction of sp³-hybridized carbons (Fsp3) is 0.417. The van der Waals surface area contributed by atoms with Gasteiger partial charge in [0.15, 0.2) is 0 Å². The van der Waals surface area contributed by atoms with Gasteiger partial charge in [-0.05, 0) is 52.2 Å². The van der Waals surface area contributed by atoms with Crippen LogP contribution in [0.15, 0.2) is 54.6 Å². The van der Waals surface area contributed by atoms with Crippen molar-refractivity contribution in [2.45, 2.75) is 59.0 Å². The number of hydrogen-bond acceptors (Lipinski definition) is 2. The zero-order chi connectivity index (χ0) is 20.7. The highest BCUT2D eigenvalue weighted by atomic mass is 16.2. The first-order chi connectivity index (χ1) is 13.2. The van der Waals surface area contributed by atoms with Crippen LogP contribution in [-0.2, 0) is 22.4 Å². The molecule has 1 atom stereocenters. The molecule has 2 aromatic rings. The van der Waals surface area contributed by atoms with Gasteiger partial charge in [-0.1, -0.05) is 60.2 Å². The monoisotopic (exact) mass is 380 g/mol. The molecule has 4 heteroatoms. The van der Waals surface area contributed by atoms with E-state index in [1.807, 2.05) is 82.3 Å². The number of nitrogens with one attached hydrogen (secondary N) is 1. The molecular weight excluding hydrogens is 348 g/mol. The zero-order valence-corrected chi connectivity index (χ0v) is 17.7. The Morgan fingerprint density at radius 2 is 1.64 bits per heavy atom. The van der Waals surface area contributed by atoms with Gasteiger partial charge in [0.2, 0.25) is 11.8 Å². The van der Waals surface area contributed by atoms with Gasteiger partial charge in [-0.25, -0.2) is 0 Å². The molecule has 28 heavy (non-hydrogen) atoms. The van der Waals surface area contributed by atoms with Crippen LogP contribution in [0.4, 0.5) is 0 Å². The third kappa shape index (κ3) is 6.84. The number of aryl methyl sites for hydroxylation is 1. The lowest BCUT2D eigenvalue weighted by molar-refractivity contribution is -0.140. The molecule has 1 N–H and O–H groups in total. The minimum absolute atomic E-state index is 0.0295. The van der Waals surface area contributed by atoms with Gasteiger partial charge < -0.3 is 10.2 Å². The van der Waals surface area contributed by atoms with E-state index < -0.39 is 6.04 Å². The van der Waals surface area contributed by atoms with Crippen molar-refractivity contribution in [3.8, 4) is 0 Å². The van der Waals surface area contributed by atoms with Gasteiger partial charge in [-0.2, -0.15) is 0 Å². The van der Waals surface area contributed by atoms with Gasteiger partial charge in [-0.3, -0.25) is 9.59 Å². The van der Waals surface area contributed by atoms with Crippen molar-refractivity contribution in [2.75, 3.05) is 6.54 Å². The Kier molecular flexibility index (Phi) is 7.38. The molecule has 0 bridgehead atoms. The van der Waals surface area contributed by atoms with Crippen molar-refractivity contribution in [3.63, 3.8) is 0 Å². The minimum Gasteiger partial charge on any atom is -0.350 e. The maximum atomic E-state index is 13.1. The Bertz CT molecular complexity index is 794. The highest BCUT2D eigenvalue weighted by Crippen LogP contribution is 2.12. The van der Waals surface area contributed by atoms with E-state index >= 15 is 0 Å². The van der Waals surface area contributed by atoms with Crippen molar-refractivity contribution in [1.29, 1.82) is 0 Å². The van der Waals surface area contributed by atoms with Gasteiger partial charge in [0.25, 0.3) is 0 Å². The first-order valence-electron chi connectivity index (χ1n) is 9.87. The Labute approximate surface area is 169 Å². The van der Waals surface area contributed by atoms with Gasteiger partial charge in [0.1, 0.15) is 6.04 Å². The highest BCUT2D eigenvalue weighted by molar-refractivity contribution is 5.88. The van der Waals surface area contributed by atoms with Gasteiger partial charge >= 0.3 is 0 Å². The summed E-state index contributed by atoms with van der Waals surface area (Å²) in [6.07, 6.45) is 1.01. The number of amides is 2. The standard InChI is InChI=1S/C24H32N2O2/c1-18-10-9-13-21(16-18)17-22(27)26(15-14-20-11-7-6-8-12-20)19(2)23(28)25-24(3,4)5/h6-13,16,19H,14-15,17H2,1-5H3,(H,25,28). The molecule has 2 rings (SSSR count). The summed E-state index contributed by atoms with van der Waals surface area (Å²) in [5.74, 6) is -0.156. The fourth-order valence-corrected chi connectivity index (χ4v) is 3.14. The normalized spacial score (nSPS) is 12.3. The van der Waals surface area contributed by atoms with Crippen LogP contribution in [0.2, 0.25) is 0 Å². The van der Waals surface area contributed by atoms with Crippen LogP contribution in [-0.4, -0.2) is 34.8 Å². The molecule has 0 saturated heterocycles. The molecule has 2 amide bonds. The highest BCUT2D eigenvalue weighted by Gasteiger charge is 2.28. The lowest BCUT2D eigenvalue weighted by atomic mass is 10.1. The van der Waals surface area contributed by atoms with Crippen LogP contribution in [0.25, 0.3) is 0 Å². The molecule has 0 spiro atoms. The largest absolute Gasteiger partial charge is 0.350 e. The summed E-state index contributed by atoms with van der Waals surface area (Å²) in [6.45, 7) is 10.2. The predicted octanol–water partition coefficient (Wildman–Crippen LogP) is 3.91. The smallest absolute Gasteiger partial charge is 0.242 e. The number of benzene rings is 2. The van der Waals surface area contributed by atoms with Gasteiger partial charge in [-0.15, -0.1) is 0 Å². The second-order valence-electron chi connectivity index (χ2n) is 8.40. The van der Waals surface area contributed by atoms with Crippen LogP contribution < -0.4 is 5.32 Å². The SMILES string of the molecule is Cc1cccc(CC(=O)N(CCc2ccccc2)C(C)C(=O)NC(C)(C)C)c1. The van der Waals surface area contributed by atoms with E-state index in [9.17, 15) is 9.59 Å². The first-order valence-corrected chi connectivity index (χ1v) is 9.87. The summed E-state index contributed by atoms with van der Waals surface area (Å²) in [4.78, 5) is 27.5. The number of nitrogens with zero attached hydrogens (tertiary/aromatic N) is 1. The Balaban J connectivity index is 2.16. The van der Waals surface area contributed by atoms with E-state index in [1.54, 1.807) is 11.8 Å². The molecule has 0 aliphatic heterocycles. The Morgan fingerprint density at radius 1 is 1.00 bits per heavy atom. The summed E-state index contributed by atoms with van der Waals surface area (Å²) in [5.41, 5.74) is 2.91. The predicted molar refractivity (Wildman–Crippen MR) is 114 cm³/mol. The molecule has 1 unspecified atom stereocenters. The summed E-state index contributed by atoms with van der Waals surface area (Å²) >= 11 is 0. The molecule has 0 radical (unpaired) electrons. The Hall–Kier alpha value is -2.62. The van der Waals surface area contributed by atoms with Crippen molar-refractivity contribution in [3.05, 3.63) is 71.3 Å². The van der Waals surface area contributed by atoms with E-state index in [0.717, 1.165) is 16.7 Å². The molecule has 0 aliphatic carbocycles. The molecule has 0 saturated carbocycles. The average Bonchev–Trinajstić information content (AvgIpc) is 2.61. The van der Waals surface area contributed by atoms with E-state index in [4.69, 9.17) is 0 Å². The third-order valence-electron chi connectivity index (χ3n) is 4.59. The quantitative estimate of drug-likeness (QED) is 0.792. The van der Waals surface area contributed by atoms with Gasteiger partial charge in [0, 0.05) is 12.1 Å². The van der Waals surface area contributed by atoms with Crippen LogP contribution in [0.5, 0.6) is 0 Å². The van der Waals surface area contributed by atoms with E-state index in [1.165, 1.54) is 0 Å². The van der Waals surface area contributed by atoms with Crippen LogP contribution in [0.3, 0.4) is 0 Å². The Morgan fingerprint density at radius 3 is 2.25 bits per heavy atom. The molecule has 0 aliphatic rings. The van der Waals surface area contributed by atoms with Crippen LogP contribution in [0, 0.1) is 6.92 Å². The summed E-state index contributed by atoms with van der Waals surface area (Å²) < 4.78 is 0. The molecule has 150 valence electrons. The third-order valence-corrected chi connectivity index (χ3v) is 4.59. The zero-order valence-electron chi connectivity index (χ0n) is 17.7. The van der Waals surface area contributed by atoms with Gasteiger partial charge in [0.05, 0.1) is 6.42 Å². The minimum atomic E-state index is -0.528. The van der Waals surface area contributed by atoms with Crippen molar-refractivity contribution in [2.24, 2.45) is 0 Å². The number of hydrogen-bond donors (Lipinski definition) is 1. The average molecular weight is 381 g/mol. The molecule has 0 aromatic heterocycles. The molecule has 0 fully saturated rings. The molecule has 4 nitrogen and oxygen atoms in total. The summed E-state index contributed by atoms with van der Waals surface area (Å²) in [5, 5.41) is 2.99. The topological polar surface area (TPSA) is 49.4 Å². The second kappa shape index (κ2) is 9.54. The second-order valence-corrected chi connectivity index (χ2v) is 8.40. The molecule has 0 heterocycles. The summed E-state index contributed by atoms with van der Waals surface area (Å²) in [7, 11) is 0. The maximum absolute atomic E-state index is 13.1. The van der Waals surface area contributed by atoms with Crippen LogP contribution >= 0.6 is 0 Å². The fourth-order valence-electron chi connectivity index (χ4n) is 3.14. The lowest BCUT2D eigenvalue weighted by Gasteiger charge is -2.31.